The van der Waals surface area contributed by atoms with Gasteiger partial charge in [-0.3, -0.25) is 0 Å². The molecule has 10 nitrogen and oxygen atoms in total. The van der Waals surface area contributed by atoms with Crippen molar-refractivity contribution in [3.05, 3.63) is 29.8 Å². The van der Waals surface area contributed by atoms with Gasteiger partial charge in [-0.1, -0.05) is 17.7 Å². The Morgan fingerprint density at radius 1 is 0.970 bits per heavy atom. The summed E-state index contributed by atoms with van der Waals surface area (Å²) >= 11 is 0. The fraction of sp³-hybridized carbons (Fsp3) is 0.682. The van der Waals surface area contributed by atoms with E-state index in [4.69, 9.17) is 27.9 Å². The molecule has 1 rings (SSSR count). The van der Waals surface area contributed by atoms with Crippen LogP contribution < -0.4 is 5.32 Å². The molecule has 0 aliphatic carbocycles. The molecular weight excluding hydrogens is 454 g/mol. The summed E-state index contributed by atoms with van der Waals surface area (Å²) in [6.07, 6.45) is -1.81. The number of carbonyl (C=O) groups excluding carboxylic acids is 1. The van der Waals surface area contributed by atoms with E-state index >= 15 is 0 Å². The summed E-state index contributed by atoms with van der Waals surface area (Å²) < 4.78 is 57.1. The van der Waals surface area contributed by atoms with Crippen molar-refractivity contribution in [2.24, 2.45) is 0 Å². The molecule has 0 spiro atoms. The summed E-state index contributed by atoms with van der Waals surface area (Å²) in [5, 5.41) is 2.53. The summed E-state index contributed by atoms with van der Waals surface area (Å²) in [6, 6.07) is 6.26. The van der Waals surface area contributed by atoms with Crippen molar-refractivity contribution in [3.63, 3.8) is 0 Å². The number of benzene rings is 1. The highest BCUT2D eigenvalue weighted by Gasteiger charge is 2.23. The lowest BCUT2D eigenvalue weighted by Gasteiger charge is -2.21. The van der Waals surface area contributed by atoms with E-state index in [-0.39, 0.29) is 31.3 Å². The largest absolute Gasteiger partial charge is 0.444 e. The number of rotatable bonds is 16. The highest BCUT2D eigenvalue weighted by molar-refractivity contribution is 7.86. The predicted octanol–water partition coefficient (Wildman–Crippen LogP) is 2.64. The molecule has 0 saturated heterocycles. The van der Waals surface area contributed by atoms with Gasteiger partial charge in [0.2, 0.25) is 0 Å². The molecule has 1 N–H and O–H groups in total. The van der Waals surface area contributed by atoms with Crippen molar-refractivity contribution in [1.29, 1.82) is 0 Å². The van der Waals surface area contributed by atoms with Crippen LogP contribution in [-0.2, 0) is 38.0 Å². The Morgan fingerprint density at radius 2 is 1.58 bits per heavy atom. The van der Waals surface area contributed by atoms with E-state index < -0.39 is 28.1 Å². The summed E-state index contributed by atoms with van der Waals surface area (Å²) in [6.45, 7) is 11.0. The minimum atomic E-state index is -4.08. The molecule has 1 atom stereocenters. The average Bonchev–Trinajstić information content (AvgIpc) is 2.71. The lowest BCUT2D eigenvalue weighted by atomic mass is 10.2. The van der Waals surface area contributed by atoms with Crippen LogP contribution >= 0.6 is 0 Å². The van der Waals surface area contributed by atoms with E-state index in [1.165, 1.54) is 12.1 Å². The lowest BCUT2D eigenvalue weighted by molar-refractivity contribution is -0.121. The van der Waals surface area contributed by atoms with Gasteiger partial charge in [0.15, 0.2) is 6.29 Å². The molecule has 1 aromatic rings. The quantitative estimate of drug-likeness (QED) is 0.211. The molecule has 1 aromatic carbocycles. The zero-order valence-electron chi connectivity index (χ0n) is 20.1. The Morgan fingerprint density at radius 3 is 2.18 bits per heavy atom. The van der Waals surface area contributed by atoms with Gasteiger partial charge >= 0.3 is 6.09 Å². The van der Waals surface area contributed by atoms with E-state index in [0.29, 0.717) is 26.4 Å². The van der Waals surface area contributed by atoms with Crippen LogP contribution in [0.2, 0.25) is 0 Å². The van der Waals surface area contributed by atoms with Gasteiger partial charge < -0.3 is 29.0 Å². The molecule has 11 heteroatoms. The molecule has 0 aliphatic rings. The maximum atomic E-state index is 12.6. The molecule has 0 aliphatic heterocycles. The molecule has 0 heterocycles. The van der Waals surface area contributed by atoms with Crippen molar-refractivity contribution in [2.75, 3.05) is 52.8 Å². The van der Waals surface area contributed by atoms with Crippen LogP contribution in [0.1, 0.15) is 33.3 Å². The minimum Gasteiger partial charge on any atom is -0.444 e. The summed E-state index contributed by atoms with van der Waals surface area (Å²) in [5.74, 6) is 0. The van der Waals surface area contributed by atoms with Crippen LogP contribution in [0.15, 0.2) is 29.2 Å². The molecule has 0 saturated carbocycles. The number of carbonyl (C=O) groups is 1. The first-order valence-electron chi connectivity index (χ1n) is 10.8. The molecule has 190 valence electrons. The average molecular weight is 492 g/mol. The molecule has 33 heavy (non-hydrogen) atoms. The van der Waals surface area contributed by atoms with Gasteiger partial charge in [0.05, 0.1) is 44.5 Å². The second-order valence-electron chi connectivity index (χ2n) is 7.98. The number of hydrogen-bond donors (Lipinski definition) is 1. The summed E-state index contributed by atoms with van der Waals surface area (Å²) in [7, 11) is -4.08. The lowest BCUT2D eigenvalue weighted by Crippen LogP contribution is -2.36. The molecule has 1 unspecified atom stereocenters. The number of hydrogen-bond acceptors (Lipinski definition) is 9. The smallest absolute Gasteiger partial charge is 0.407 e. The van der Waals surface area contributed by atoms with Crippen molar-refractivity contribution in [3.8, 4) is 0 Å². The van der Waals surface area contributed by atoms with Gasteiger partial charge in [0, 0.05) is 13.2 Å². The zero-order chi connectivity index (χ0) is 24.7. The Labute approximate surface area is 196 Å². The van der Waals surface area contributed by atoms with Crippen molar-refractivity contribution < 1.29 is 41.1 Å². The molecular formula is C22H37NO9S. The van der Waals surface area contributed by atoms with Crippen LogP contribution in [0.3, 0.4) is 0 Å². The van der Waals surface area contributed by atoms with Crippen LogP contribution in [0, 0.1) is 6.92 Å². The van der Waals surface area contributed by atoms with E-state index in [9.17, 15) is 13.2 Å². The molecule has 0 fully saturated rings. The highest BCUT2D eigenvalue weighted by atomic mass is 32.2. The van der Waals surface area contributed by atoms with Gasteiger partial charge in [-0.05, 0) is 46.8 Å². The van der Waals surface area contributed by atoms with E-state index in [1.54, 1.807) is 32.9 Å². The number of ether oxygens (including phenoxy) is 5. The number of aryl methyl sites for hydroxylation is 1. The van der Waals surface area contributed by atoms with Gasteiger partial charge in [-0.2, -0.15) is 8.42 Å². The predicted molar refractivity (Wildman–Crippen MR) is 122 cm³/mol. The number of nitrogens with one attached hydrogen (secondary N) is 1. The normalized spacial score (nSPS) is 13.0. The standard InChI is InChI=1S/C22H37NO9S/c1-6-27-13-14-28-15-16-29-17-20(30-12-11-23-21(24)31-22(3,4)5)32-33(25,26)19-9-7-18(2)8-10-19/h7-10,20H,6,11-17H2,1-5H3,(H,23,24). The number of alkyl carbamates (subject to hydrolysis) is 1. The fourth-order valence-electron chi connectivity index (χ4n) is 2.32. The number of amides is 1. The molecule has 0 aromatic heterocycles. The highest BCUT2D eigenvalue weighted by Crippen LogP contribution is 2.16. The molecule has 0 radical (unpaired) electrons. The van der Waals surface area contributed by atoms with Crippen LogP contribution in [0.5, 0.6) is 0 Å². The minimum absolute atomic E-state index is 0.00726. The molecule has 0 bridgehead atoms. The van der Waals surface area contributed by atoms with Crippen molar-refractivity contribution >= 4 is 16.2 Å². The second kappa shape index (κ2) is 15.2. The third-order valence-electron chi connectivity index (χ3n) is 3.82. The van der Waals surface area contributed by atoms with Crippen molar-refractivity contribution in [2.45, 2.75) is 51.4 Å². The Kier molecular flexibility index (Phi) is 13.5. The monoisotopic (exact) mass is 491 g/mol. The first-order valence-corrected chi connectivity index (χ1v) is 12.3. The van der Waals surface area contributed by atoms with Crippen LogP contribution in [0.25, 0.3) is 0 Å². The Hall–Kier alpha value is -1.76. The first-order chi connectivity index (χ1) is 15.5. The van der Waals surface area contributed by atoms with Crippen molar-refractivity contribution in [1.82, 2.24) is 5.32 Å². The van der Waals surface area contributed by atoms with Gasteiger partial charge in [-0.25, -0.2) is 8.98 Å². The third-order valence-corrected chi connectivity index (χ3v) is 5.14. The second-order valence-corrected chi connectivity index (χ2v) is 9.55. The Bertz CT molecular complexity index is 776. The molecule has 1 amide bonds. The topological polar surface area (TPSA) is 119 Å². The van der Waals surface area contributed by atoms with Crippen LogP contribution in [0.4, 0.5) is 4.79 Å². The zero-order valence-corrected chi connectivity index (χ0v) is 20.9. The van der Waals surface area contributed by atoms with Gasteiger partial charge in [0.25, 0.3) is 10.1 Å². The Balaban J connectivity index is 2.55. The van der Waals surface area contributed by atoms with E-state index in [2.05, 4.69) is 5.32 Å². The summed E-state index contributed by atoms with van der Waals surface area (Å²) in [5.41, 5.74) is 0.291. The van der Waals surface area contributed by atoms with E-state index in [0.717, 1.165) is 5.56 Å². The SMILES string of the molecule is CCOCCOCCOCC(OCCNC(=O)OC(C)(C)C)OS(=O)(=O)c1ccc(C)cc1. The fourth-order valence-corrected chi connectivity index (χ4v) is 3.30. The van der Waals surface area contributed by atoms with Gasteiger partial charge in [0.1, 0.15) is 5.60 Å². The van der Waals surface area contributed by atoms with Gasteiger partial charge in [-0.15, -0.1) is 0 Å². The first kappa shape index (κ1) is 29.3. The van der Waals surface area contributed by atoms with E-state index in [1.807, 2.05) is 13.8 Å². The third kappa shape index (κ3) is 14.2. The maximum Gasteiger partial charge on any atom is 0.407 e. The maximum absolute atomic E-state index is 12.6. The van der Waals surface area contributed by atoms with Crippen LogP contribution in [-0.4, -0.2) is 79.2 Å². The summed E-state index contributed by atoms with van der Waals surface area (Å²) in [4.78, 5) is 11.7.